The lowest BCUT2D eigenvalue weighted by atomic mass is 10.1. The summed E-state index contributed by atoms with van der Waals surface area (Å²) in [5.74, 6) is -0.787. The maximum absolute atomic E-state index is 13.3. The fraction of sp³-hybridized carbons (Fsp3) is 0.429. The van der Waals surface area contributed by atoms with Gasteiger partial charge in [0, 0.05) is 0 Å². The molecule has 1 unspecified atom stereocenters. The summed E-state index contributed by atoms with van der Waals surface area (Å²) in [6.45, 7) is 14.4. The number of benzene rings is 2. The Morgan fingerprint density at radius 1 is 0.917 bits per heavy atom. The summed E-state index contributed by atoms with van der Waals surface area (Å²) in [6.07, 6.45) is 0.714. The molecule has 2 atom stereocenters. The predicted molar refractivity (Wildman–Crippen MR) is 146 cm³/mol. The highest BCUT2D eigenvalue weighted by Crippen LogP contribution is 2.43. The average Bonchev–Trinajstić information content (AvgIpc) is 2.80. The van der Waals surface area contributed by atoms with Gasteiger partial charge >= 0.3 is 0 Å². The van der Waals surface area contributed by atoms with E-state index in [1.165, 1.54) is 24.3 Å². The lowest BCUT2D eigenvalue weighted by molar-refractivity contribution is -0.124. The molecule has 0 heterocycles. The van der Waals surface area contributed by atoms with Gasteiger partial charge in [0.15, 0.2) is 6.10 Å². The van der Waals surface area contributed by atoms with Crippen molar-refractivity contribution in [3.63, 3.8) is 0 Å². The molecular weight excluding hydrogens is 490 g/mol. The fourth-order valence-corrected chi connectivity index (χ4v) is 11.2. The van der Waals surface area contributed by atoms with Crippen LogP contribution in [0.3, 0.4) is 0 Å². The van der Waals surface area contributed by atoms with Crippen LogP contribution in [0.2, 0.25) is 16.6 Å². The molecule has 0 aromatic heterocycles. The quantitative estimate of drug-likeness (QED) is 0.283. The van der Waals surface area contributed by atoms with Crippen molar-refractivity contribution in [3.05, 3.63) is 83.6 Å². The molecule has 2 N–H and O–H groups in total. The van der Waals surface area contributed by atoms with Gasteiger partial charge in [-0.25, -0.2) is 13.1 Å². The van der Waals surface area contributed by atoms with Crippen LogP contribution in [0.4, 0.5) is 0 Å². The molecule has 2 aromatic carbocycles. The Morgan fingerprint density at radius 3 is 1.94 bits per heavy atom. The summed E-state index contributed by atoms with van der Waals surface area (Å²) >= 11 is 0. The number of nitrogens with one attached hydrogen (secondary N) is 1. The van der Waals surface area contributed by atoms with Crippen molar-refractivity contribution in [2.45, 2.75) is 82.2 Å². The maximum atomic E-state index is 13.3. The Morgan fingerprint density at radius 2 is 1.44 bits per heavy atom. The van der Waals surface area contributed by atoms with Crippen LogP contribution in [0.1, 0.15) is 58.8 Å². The minimum Gasteiger partial charge on any atom is -0.401 e. The number of carbonyl (C=O) groups is 1. The standard InChI is InChI=1S/C28H39NO5SSi/c1-20(2)36(21(3)4,22(5)6)34-27(15-11-14-26(30)24-12-9-8-10-13-24)28(31)29-35(32,33)25-18-16-23(7)17-19-25/h8-10,12-22,26-27,30H,1-7H3,(H,29,31)/t11?,26?,27-/m1/s1. The minimum absolute atomic E-state index is 0.000640. The number of hydrogen-bond acceptors (Lipinski definition) is 5. The van der Waals surface area contributed by atoms with Gasteiger partial charge in [-0.05, 0) is 53.4 Å². The molecule has 196 valence electrons. The molecule has 0 aliphatic rings. The number of carbonyl (C=O) groups excluding carboxylic acids is 1. The van der Waals surface area contributed by atoms with Gasteiger partial charge in [-0.2, -0.15) is 0 Å². The number of amides is 1. The van der Waals surface area contributed by atoms with Crippen molar-refractivity contribution >= 4 is 24.2 Å². The van der Waals surface area contributed by atoms with E-state index in [0.29, 0.717) is 5.56 Å². The van der Waals surface area contributed by atoms with E-state index < -0.39 is 36.5 Å². The van der Waals surface area contributed by atoms with E-state index in [4.69, 9.17) is 4.43 Å². The number of aryl methyl sites for hydroxylation is 1. The zero-order valence-electron chi connectivity index (χ0n) is 22.2. The van der Waals surface area contributed by atoms with E-state index in [9.17, 15) is 18.3 Å². The molecule has 2 aromatic rings. The fourth-order valence-electron chi connectivity index (χ4n) is 4.74. The lowest BCUT2D eigenvalue weighted by Crippen LogP contribution is -2.53. The van der Waals surface area contributed by atoms with Crippen LogP contribution in [-0.4, -0.2) is 33.9 Å². The molecule has 8 heteroatoms. The van der Waals surface area contributed by atoms with Gasteiger partial charge in [0.25, 0.3) is 15.9 Å². The summed E-state index contributed by atoms with van der Waals surface area (Å²) in [5.41, 5.74) is 4.99. The van der Waals surface area contributed by atoms with E-state index in [-0.39, 0.29) is 21.5 Å². The summed E-state index contributed by atoms with van der Waals surface area (Å²) < 4.78 is 34.7. The van der Waals surface area contributed by atoms with Gasteiger partial charge in [0.2, 0.25) is 8.32 Å². The van der Waals surface area contributed by atoms with Crippen molar-refractivity contribution in [1.29, 1.82) is 0 Å². The number of aliphatic hydroxyl groups is 1. The van der Waals surface area contributed by atoms with E-state index in [1.807, 2.05) is 25.1 Å². The van der Waals surface area contributed by atoms with Gasteiger partial charge in [-0.3, -0.25) is 4.79 Å². The van der Waals surface area contributed by atoms with Crippen molar-refractivity contribution in [2.24, 2.45) is 0 Å². The van der Waals surface area contributed by atoms with Crippen LogP contribution < -0.4 is 4.72 Å². The molecule has 0 aliphatic heterocycles. The van der Waals surface area contributed by atoms with Crippen LogP contribution in [0.5, 0.6) is 0 Å². The van der Waals surface area contributed by atoms with Gasteiger partial charge in [-0.1, -0.05) is 89.6 Å². The lowest BCUT2D eigenvalue weighted by Gasteiger charge is -2.43. The third kappa shape index (κ3) is 7.28. The molecule has 0 saturated heterocycles. The molecular formula is C28H39NO5SSi. The SMILES string of the molecule is Cc1ccc(S(=O)(=O)NC(=O)[C@@H](C=C=CC(O)c2ccccc2)O[Si](C(C)C)(C(C)C)C(C)C)cc1. The Bertz CT molecular complexity index is 1150. The van der Waals surface area contributed by atoms with E-state index >= 15 is 0 Å². The van der Waals surface area contributed by atoms with Crippen LogP contribution >= 0.6 is 0 Å². The first-order valence-corrected chi connectivity index (χ1v) is 15.9. The highest BCUT2D eigenvalue weighted by atomic mass is 32.2. The first-order chi connectivity index (χ1) is 16.8. The summed E-state index contributed by atoms with van der Waals surface area (Å²) in [7, 11) is -6.65. The Labute approximate surface area is 217 Å². The van der Waals surface area contributed by atoms with Gasteiger partial charge in [0.05, 0.1) is 4.90 Å². The Hall–Kier alpha value is -2.48. The number of aliphatic hydroxyl groups excluding tert-OH is 1. The Kier molecular flexibility index (Phi) is 10.5. The first-order valence-electron chi connectivity index (χ1n) is 12.3. The van der Waals surface area contributed by atoms with Crippen molar-refractivity contribution < 1.29 is 22.7 Å². The second-order valence-corrected chi connectivity index (χ2v) is 17.1. The summed E-state index contributed by atoms with van der Waals surface area (Å²) in [4.78, 5) is 13.3. The monoisotopic (exact) mass is 529 g/mol. The second kappa shape index (κ2) is 12.7. The second-order valence-electron chi connectivity index (χ2n) is 9.99. The number of hydrogen-bond donors (Lipinski definition) is 2. The van der Waals surface area contributed by atoms with E-state index in [2.05, 4.69) is 52.0 Å². The topological polar surface area (TPSA) is 92.7 Å². The highest BCUT2D eigenvalue weighted by Gasteiger charge is 2.47. The van der Waals surface area contributed by atoms with Gasteiger partial charge < -0.3 is 9.53 Å². The average molecular weight is 530 g/mol. The van der Waals surface area contributed by atoms with Crippen molar-refractivity contribution in [3.8, 4) is 0 Å². The molecule has 0 aliphatic carbocycles. The molecule has 0 radical (unpaired) electrons. The van der Waals surface area contributed by atoms with Crippen LogP contribution in [0.15, 0.2) is 77.4 Å². The third-order valence-corrected chi connectivity index (χ3v) is 13.9. The predicted octanol–water partition coefficient (Wildman–Crippen LogP) is 5.81. The maximum Gasteiger partial charge on any atom is 0.266 e. The summed E-state index contributed by atoms with van der Waals surface area (Å²) in [5, 5.41) is 10.5. The molecule has 6 nitrogen and oxygen atoms in total. The number of sulfonamides is 1. The molecule has 0 fully saturated rings. The Balaban J connectivity index is 2.45. The molecule has 36 heavy (non-hydrogen) atoms. The normalized spacial score (nSPS) is 13.9. The van der Waals surface area contributed by atoms with Crippen molar-refractivity contribution in [2.75, 3.05) is 0 Å². The largest absolute Gasteiger partial charge is 0.401 e. The highest BCUT2D eigenvalue weighted by molar-refractivity contribution is 7.90. The number of rotatable bonds is 11. The smallest absolute Gasteiger partial charge is 0.266 e. The third-order valence-electron chi connectivity index (χ3n) is 6.51. The van der Waals surface area contributed by atoms with Crippen molar-refractivity contribution in [1.82, 2.24) is 4.72 Å². The molecule has 1 amide bonds. The molecule has 0 bridgehead atoms. The zero-order chi connectivity index (χ0) is 27.1. The molecule has 0 saturated carbocycles. The minimum atomic E-state index is -4.09. The molecule has 2 rings (SSSR count). The van der Waals surface area contributed by atoms with Crippen LogP contribution in [0, 0.1) is 6.92 Å². The van der Waals surface area contributed by atoms with E-state index in [0.717, 1.165) is 5.56 Å². The van der Waals surface area contributed by atoms with Crippen LogP contribution in [0.25, 0.3) is 0 Å². The molecule has 0 spiro atoms. The zero-order valence-corrected chi connectivity index (χ0v) is 24.0. The first kappa shape index (κ1) is 29.7. The van der Waals surface area contributed by atoms with Gasteiger partial charge in [0.1, 0.15) is 6.10 Å². The van der Waals surface area contributed by atoms with Gasteiger partial charge in [-0.15, -0.1) is 5.73 Å². The summed E-state index contributed by atoms with van der Waals surface area (Å²) in [6, 6.07) is 15.3. The van der Waals surface area contributed by atoms with E-state index in [1.54, 1.807) is 24.3 Å². The van der Waals surface area contributed by atoms with Crippen LogP contribution in [-0.2, 0) is 19.2 Å².